The van der Waals surface area contributed by atoms with Gasteiger partial charge in [0.1, 0.15) is 6.04 Å². The van der Waals surface area contributed by atoms with Gasteiger partial charge in [0.2, 0.25) is 11.8 Å². The quantitative estimate of drug-likeness (QED) is 0.853. The highest BCUT2D eigenvalue weighted by atomic mass is 16.2. The molecular formula is C22H30N2O2. The maximum Gasteiger partial charge on any atom is 0.242 e. The van der Waals surface area contributed by atoms with Gasteiger partial charge in [0.15, 0.2) is 0 Å². The van der Waals surface area contributed by atoms with Crippen molar-refractivity contribution in [3.63, 3.8) is 0 Å². The topological polar surface area (TPSA) is 58.2 Å². The zero-order valence-corrected chi connectivity index (χ0v) is 15.9. The average Bonchev–Trinajstić information content (AvgIpc) is 2.61. The smallest absolute Gasteiger partial charge is 0.242 e. The number of nitrogens with one attached hydrogen (secondary N) is 2. The van der Waals surface area contributed by atoms with Gasteiger partial charge in [0.25, 0.3) is 0 Å². The largest absolute Gasteiger partial charge is 0.355 e. The third kappa shape index (κ3) is 2.83. The number of benzene rings is 1. The minimum Gasteiger partial charge on any atom is -0.355 e. The molecule has 2 amide bonds. The molecule has 4 saturated carbocycles. The molecule has 0 heterocycles. The lowest BCUT2D eigenvalue weighted by Crippen LogP contribution is -2.60. The summed E-state index contributed by atoms with van der Waals surface area (Å²) in [6.07, 6.45) is 6.63. The van der Waals surface area contributed by atoms with Crippen molar-refractivity contribution in [3.05, 3.63) is 35.9 Å². The lowest BCUT2D eigenvalue weighted by molar-refractivity contribution is -0.151. The van der Waals surface area contributed by atoms with Crippen LogP contribution in [0.1, 0.15) is 57.9 Å². The second kappa shape index (κ2) is 6.40. The van der Waals surface area contributed by atoms with Crippen LogP contribution in [0.5, 0.6) is 0 Å². The molecule has 0 spiro atoms. The van der Waals surface area contributed by atoms with Gasteiger partial charge in [-0.05, 0) is 75.2 Å². The first-order valence-electron chi connectivity index (χ1n) is 10.1. The molecule has 4 aliphatic carbocycles. The van der Waals surface area contributed by atoms with E-state index in [0.717, 1.165) is 19.3 Å². The fourth-order valence-electron chi connectivity index (χ4n) is 6.40. The van der Waals surface area contributed by atoms with E-state index in [4.69, 9.17) is 0 Å². The van der Waals surface area contributed by atoms with Crippen LogP contribution in [0.25, 0.3) is 0 Å². The summed E-state index contributed by atoms with van der Waals surface area (Å²) < 4.78 is 0. The molecule has 0 aromatic heterocycles. The lowest BCUT2D eigenvalue weighted by atomic mass is 9.42. The molecule has 3 unspecified atom stereocenters. The first-order valence-corrected chi connectivity index (χ1v) is 10.1. The van der Waals surface area contributed by atoms with Crippen molar-refractivity contribution in [1.82, 2.24) is 10.6 Å². The minimum atomic E-state index is -0.469. The Morgan fingerprint density at radius 2 is 1.77 bits per heavy atom. The van der Waals surface area contributed by atoms with Gasteiger partial charge in [-0.2, -0.15) is 0 Å². The summed E-state index contributed by atoms with van der Waals surface area (Å²) in [6.45, 7) is 4.27. The zero-order valence-electron chi connectivity index (χ0n) is 15.9. The molecule has 1 aromatic carbocycles. The van der Waals surface area contributed by atoms with Crippen LogP contribution in [0.4, 0.5) is 0 Å². The summed E-state index contributed by atoms with van der Waals surface area (Å²) in [5.41, 5.74) is 1.27. The van der Waals surface area contributed by atoms with E-state index in [9.17, 15) is 9.59 Å². The van der Waals surface area contributed by atoms with E-state index >= 15 is 0 Å². The highest BCUT2D eigenvalue weighted by molar-refractivity contribution is 5.90. The van der Waals surface area contributed by atoms with Crippen molar-refractivity contribution in [2.45, 2.75) is 63.8 Å². The fourth-order valence-corrected chi connectivity index (χ4v) is 6.40. The highest BCUT2D eigenvalue weighted by Gasteiger charge is 2.61. The van der Waals surface area contributed by atoms with E-state index in [-0.39, 0.29) is 22.6 Å². The van der Waals surface area contributed by atoms with Crippen LogP contribution in [-0.4, -0.2) is 24.4 Å². The summed E-state index contributed by atoms with van der Waals surface area (Å²) in [5.74, 6) is 1.29. The number of rotatable bonds is 5. The van der Waals surface area contributed by atoms with Gasteiger partial charge in [0.05, 0.1) is 5.41 Å². The van der Waals surface area contributed by atoms with Gasteiger partial charge in [-0.3, -0.25) is 9.59 Å². The van der Waals surface area contributed by atoms with E-state index in [0.29, 0.717) is 18.4 Å². The Kier molecular flexibility index (Phi) is 4.32. The number of hydrogen-bond donors (Lipinski definition) is 2. The van der Waals surface area contributed by atoms with E-state index < -0.39 is 6.04 Å². The third-order valence-electron chi connectivity index (χ3n) is 7.02. The molecule has 2 N–H and O–H groups in total. The molecule has 26 heavy (non-hydrogen) atoms. The SMILES string of the molecule is CCNC(=O)C(C)NC(=O)C12CC3CC(C1)CC(c1ccccc1)(C3)C2. The standard InChI is InChI=1S/C22H30N2O2/c1-3-23-19(25)15(2)24-20(26)22-12-16-9-17(13-22)11-21(10-16,14-22)18-7-5-4-6-8-18/h4-8,15-17H,3,9-14H2,1-2H3,(H,23,25)(H,24,26). The second-order valence-electron chi connectivity index (χ2n) is 8.98. The molecule has 4 aliphatic rings. The van der Waals surface area contributed by atoms with Crippen molar-refractivity contribution in [3.8, 4) is 0 Å². The number of hydrogen-bond acceptors (Lipinski definition) is 2. The Balaban J connectivity index is 1.58. The van der Waals surface area contributed by atoms with Crippen LogP contribution < -0.4 is 10.6 Å². The van der Waals surface area contributed by atoms with Crippen molar-refractivity contribution >= 4 is 11.8 Å². The van der Waals surface area contributed by atoms with Crippen molar-refractivity contribution in [2.75, 3.05) is 6.54 Å². The van der Waals surface area contributed by atoms with Gasteiger partial charge in [-0.25, -0.2) is 0 Å². The predicted octanol–water partition coefficient (Wildman–Crippen LogP) is 3.17. The van der Waals surface area contributed by atoms with E-state index in [1.807, 2.05) is 6.92 Å². The molecule has 4 nitrogen and oxygen atoms in total. The number of amides is 2. The molecular weight excluding hydrogens is 324 g/mol. The Morgan fingerprint density at radius 3 is 2.38 bits per heavy atom. The van der Waals surface area contributed by atoms with Gasteiger partial charge < -0.3 is 10.6 Å². The van der Waals surface area contributed by atoms with E-state index in [2.05, 4.69) is 41.0 Å². The number of likely N-dealkylation sites (N-methyl/N-ethyl adjacent to an activating group) is 1. The van der Waals surface area contributed by atoms with Crippen molar-refractivity contribution in [2.24, 2.45) is 17.3 Å². The maximum absolute atomic E-state index is 13.3. The second-order valence-corrected chi connectivity index (χ2v) is 8.98. The van der Waals surface area contributed by atoms with Crippen molar-refractivity contribution in [1.29, 1.82) is 0 Å². The van der Waals surface area contributed by atoms with Crippen LogP contribution >= 0.6 is 0 Å². The maximum atomic E-state index is 13.3. The van der Waals surface area contributed by atoms with Gasteiger partial charge >= 0.3 is 0 Å². The third-order valence-corrected chi connectivity index (χ3v) is 7.02. The van der Waals surface area contributed by atoms with Crippen LogP contribution in [0.3, 0.4) is 0 Å². The molecule has 0 aliphatic heterocycles. The summed E-state index contributed by atoms with van der Waals surface area (Å²) in [6, 6.07) is 10.3. The molecule has 5 rings (SSSR count). The minimum absolute atomic E-state index is 0.0941. The lowest BCUT2D eigenvalue weighted by Gasteiger charge is -2.61. The van der Waals surface area contributed by atoms with Crippen LogP contribution in [0, 0.1) is 17.3 Å². The van der Waals surface area contributed by atoms with E-state index in [1.54, 1.807) is 6.92 Å². The molecule has 140 valence electrons. The van der Waals surface area contributed by atoms with Gasteiger partial charge in [0, 0.05) is 6.54 Å². The highest BCUT2D eigenvalue weighted by Crippen LogP contribution is 2.65. The van der Waals surface area contributed by atoms with E-state index in [1.165, 1.54) is 24.8 Å². The number of carbonyl (C=O) groups is 2. The molecule has 3 atom stereocenters. The molecule has 4 heteroatoms. The first-order chi connectivity index (χ1) is 12.5. The van der Waals surface area contributed by atoms with Crippen LogP contribution in [-0.2, 0) is 15.0 Å². The summed E-state index contributed by atoms with van der Waals surface area (Å²) >= 11 is 0. The molecule has 0 saturated heterocycles. The normalized spacial score (nSPS) is 35.8. The zero-order chi connectivity index (χ0) is 18.4. The van der Waals surface area contributed by atoms with Gasteiger partial charge in [-0.15, -0.1) is 0 Å². The van der Waals surface area contributed by atoms with Crippen LogP contribution in [0.15, 0.2) is 30.3 Å². The number of carbonyl (C=O) groups excluding carboxylic acids is 2. The van der Waals surface area contributed by atoms with Crippen molar-refractivity contribution < 1.29 is 9.59 Å². The Hall–Kier alpha value is -1.84. The summed E-state index contributed by atoms with van der Waals surface area (Å²) in [5, 5.41) is 5.84. The Bertz CT molecular complexity index is 685. The van der Waals surface area contributed by atoms with Gasteiger partial charge in [-0.1, -0.05) is 30.3 Å². The molecule has 1 aromatic rings. The first kappa shape index (κ1) is 17.6. The summed E-state index contributed by atoms with van der Waals surface area (Å²) in [7, 11) is 0. The molecule has 0 radical (unpaired) electrons. The monoisotopic (exact) mass is 354 g/mol. The Morgan fingerprint density at radius 1 is 1.12 bits per heavy atom. The Labute approximate surface area is 156 Å². The van der Waals surface area contributed by atoms with Crippen LogP contribution in [0.2, 0.25) is 0 Å². The molecule has 4 fully saturated rings. The average molecular weight is 354 g/mol. The fraction of sp³-hybridized carbons (Fsp3) is 0.636. The predicted molar refractivity (Wildman–Crippen MR) is 102 cm³/mol. The summed E-state index contributed by atoms with van der Waals surface area (Å²) in [4.78, 5) is 25.4. The molecule has 4 bridgehead atoms.